The Morgan fingerprint density at radius 2 is 2.08 bits per heavy atom. The van der Waals surface area contributed by atoms with E-state index in [-0.39, 0.29) is 25.1 Å². The normalized spacial score (nSPS) is 18.5. The Morgan fingerprint density at radius 3 is 2.67 bits per heavy atom. The molecule has 1 atom stereocenters. The van der Waals surface area contributed by atoms with Crippen molar-refractivity contribution < 1.29 is 27.5 Å². The van der Waals surface area contributed by atoms with Gasteiger partial charge in [0.15, 0.2) is 5.69 Å². The summed E-state index contributed by atoms with van der Waals surface area (Å²) in [7, 11) is 0. The largest absolute Gasteiger partial charge is 0.462 e. The van der Waals surface area contributed by atoms with Crippen LogP contribution in [0.5, 0.6) is 0 Å². The third kappa shape index (κ3) is 4.07. The van der Waals surface area contributed by atoms with Crippen LogP contribution in [0.15, 0.2) is 6.20 Å². The Kier molecular flexibility index (Phi) is 5.51. The second-order valence-electron chi connectivity index (χ2n) is 5.74. The molecule has 1 aromatic rings. The molecule has 1 aromatic heterocycles. The van der Waals surface area contributed by atoms with Crippen molar-refractivity contribution in [2.24, 2.45) is 0 Å². The number of alkyl halides is 3. The van der Waals surface area contributed by atoms with Gasteiger partial charge in [-0.2, -0.15) is 18.3 Å². The maximum absolute atomic E-state index is 13.0. The molecule has 0 N–H and O–H groups in total. The highest BCUT2D eigenvalue weighted by atomic mass is 19.4. The van der Waals surface area contributed by atoms with Crippen molar-refractivity contribution in [2.75, 3.05) is 13.2 Å². The topological polar surface area (TPSA) is 64.4 Å². The second kappa shape index (κ2) is 7.23. The van der Waals surface area contributed by atoms with Gasteiger partial charge in [0.25, 0.3) is 0 Å². The number of aromatic nitrogens is 2. The van der Waals surface area contributed by atoms with Gasteiger partial charge in [0, 0.05) is 18.8 Å². The molecule has 6 nitrogen and oxygen atoms in total. The van der Waals surface area contributed by atoms with Crippen LogP contribution < -0.4 is 0 Å². The van der Waals surface area contributed by atoms with E-state index in [1.807, 2.05) is 6.92 Å². The summed E-state index contributed by atoms with van der Waals surface area (Å²) < 4.78 is 44.6. The summed E-state index contributed by atoms with van der Waals surface area (Å²) >= 11 is 0. The van der Waals surface area contributed by atoms with Crippen LogP contribution in [0.4, 0.5) is 13.2 Å². The van der Waals surface area contributed by atoms with Crippen LogP contribution in [0.2, 0.25) is 0 Å². The van der Waals surface area contributed by atoms with Crippen LogP contribution in [0.3, 0.4) is 0 Å². The lowest BCUT2D eigenvalue weighted by Gasteiger charge is -2.33. The quantitative estimate of drug-likeness (QED) is 0.785. The molecule has 1 saturated heterocycles. The molecule has 1 aliphatic heterocycles. The van der Waals surface area contributed by atoms with Gasteiger partial charge >= 0.3 is 12.1 Å². The lowest BCUT2D eigenvalue weighted by atomic mass is 10.0. The Hall–Kier alpha value is -2.06. The maximum Gasteiger partial charge on any atom is 0.436 e. The third-order valence-electron chi connectivity index (χ3n) is 3.95. The third-order valence-corrected chi connectivity index (χ3v) is 3.95. The molecule has 0 unspecified atom stereocenters. The number of carbonyl (C=O) groups is 2. The number of hydrogen-bond donors (Lipinski definition) is 0. The minimum absolute atomic E-state index is 0.0495. The van der Waals surface area contributed by atoms with Crippen LogP contribution >= 0.6 is 0 Å². The lowest BCUT2D eigenvalue weighted by Crippen LogP contribution is -2.43. The molecule has 1 fully saturated rings. The van der Waals surface area contributed by atoms with E-state index in [0.717, 1.165) is 30.1 Å². The summed E-state index contributed by atoms with van der Waals surface area (Å²) in [6.45, 7) is 3.60. The molecule has 0 aromatic carbocycles. The molecule has 0 aliphatic carbocycles. The van der Waals surface area contributed by atoms with E-state index in [2.05, 4.69) is 9.84 Å². The fourth-order valence-electron chi connectivity index (χ4n) is 2.77. The number of ether oxygens (including phenoxy) is 1. The maximum atomic E-state index is 13.0. The fraction of sp³-hybridized carbons (Fsp3) is 0.667. The second-order valence-corrected chi connectivity index (χ2v) is 5.74. The molecule has 1 amide bonds. The standard InChI is InChI=1S/C15H20F3N3O3/c1-3-24-14(23)11-8-20(19-13(11)15(16,17)18)9-12(22)21-7-5-4-6-10(21)2/h8,10H,3-7,9H2,1-2H3/t10-/m1/s1. The highest BCUT2D eigenvalue weighted by Gasteiger charge is 2.40. The van der Waals surface area contributed by atoms with E-state index in [1.54, 1.807) is 4.90 Å². The minimum atomic E-state index is -4.80. The first-order chi connectivity index (χ1) is 11.2. The molecule has 24 heavy (non-hydrogen) atoms. The number of piperidine rings is 1. The first-order valence-electron chi connectivity index (χ1n) is 7.85. The van der Waals surface area contributed by atoms with Gasteiger partial charge in [-0.15, -0.1) is 0 Å². The van der Waals surface area contributed by atoms with Crippen LogP contribution in [-0.2, 0) is 22.3 Å². The van der Waals surface area contributed by atoms with Gasteiger partial charge in [-0.25, -0.2) is 4.79 Å². The van der Waals surface area contributed by atoms with Crippen LogP contribution in [0, 0.1) is 0 Å². The molecule has 0 bridgehead atoms. The van der Waals surface area contributed by atoms with E-state index < -0.39 is 23.4 Å². The van der Waals surface area contributed by atoms with Crippen molar-refractivity contribution in [2.45, 2.75) is 51.9 Å². The number of esters is 1. The van der Waals surface area contributed by atoms with Crippen molar-refractivity contribution in [3.63, 3.8) is 0 Å². The van der Waals surface area contributed by atoms with E-state index in [1.165, 1.54) is 6.92 Å². The molecule has 0 radical (unpaired) electrons. The first-order valence-corrected chi connectivity index (χ1v) is 7.85. The molecular formula is C15H20F3N3O3. The van der Waals surface area contributed by atoms with E-state index in [9.17, 15) is 22.8 Å². The highest BCUT2D eigenvalue weighted by molar-refractivity contribution is 5.90. The van der Waals surface area contributed by atoms with Gasteiger partial charge in [0.05, 0.1) is 6.61 Å². The van der Waals surface area contributed by atoms with Crippen LogP contribution in [-0.4, -0.2) is 45.8 Å². The summed E-state index contributed by atoms with van der Waals surface area (Å²) in [5.74, 6) is -1.41. The van der Waals surface area contributed by atoms with Crippen LogP contribution in [0.25, 0.3) is 0 Å². The number of amides is 1. The van der Waals surface area contributed by atoms with Crippen molar-refractivity contribution in [3.05, 3.63) is 17.5 Å². The number of hydrogen-bond acceptors (Lipinski definition) is 4. The summed E-state index contributed by atoms with van der Waals surface area (Å²) in [6, 6.07) is 0.0495. The molecule has 134 valence electrons. The smallest absolute Gasteiger partial charge is 0.436 e. The highest BCUT2D eigenvalue weighted by Crippen LogP contribution is 2.31. The monoisotopic (exact) mass is 347 g/mol. The molecule has 2 rings (SSSR count). The van der Waals surface area contributed by atoms with Gasteiger partial charge in [0.2, 0.25) is 5.91 Å². The van der Waals surface area contributed by atoms with Crippen molar-refractivity contribution in [1.29, 1.82) is 0 Å². The summed E-state index contributed by atoms with van der Waals surface area (Å²) in [4.78, 5) is 25.6. The van der Waals surface area contributed by atoms with E-state index in [4.69, 9.17) is 0 Å². The lowest BCUT2D eigenvalue weighted by molar-refractivity contribution is -0.143. The van der Waals surface area contributed by atoms with Crippen LogP contribution in [0.1, 0.15) is 49.2 Å². The SMILES string of the molecule is CCOC(=O)c1cn(CC(=O)N2CCCC[C@H]2C)nc1C(F)(F)F. The summed E-state index contributed by atoms with van der Waals surface area (Å²) in [5, 5.41) is 3.39. The molecule has 1 aliphatic rings. The molecule has 0 saturated carbocycles. The average Bonchev–Trinajstić information content (AvgIpc) is 2.92. The molecule has 9 heteroatoms. The Morgan fingerprint density at radius 1 is 1.38 bits per heavy atom. The number of nitrogens with zero attached hydrogens (tertiary/aromatic N) is 3. The van der Waals surface area contributed by atoms with Gasteiger partial charge in [0.1, 0.15) is 12.1 Å². The van der Waals surface area contributed by atoms with Crippen molar-refractivity contribution >= 4 is 11.9 Å². The van der Waals surface area contributed by atoms with Gasteiger partial charge in [-0.1, -0.05) is 0 Å². The van der Waals surface area contributed by atoms with Gasteiger partial charge < -0.3 is 9.64 Å². The van der Waals surface area contributed by atoms with Gasteiger partial charge in [-0.05, 0) is 33.1 Å². The van der Waals surface area contributed by atoms with Gasteiger partial charge in [-0.3, -0.25) is 9.48 Å². The predicted molar refractivity (Wildman–Crippen MR) is 78.2 cm³/mol. The molecule has 0 spiro atoms. The van der Waals surface area contributed by atoms with E-state index in [0.29, 0.717) is 6.54 Å². The minimum Gasteiger partial charge on any atom is -0.462 e. The zero-order chi connectivity index (χ0) is 17.9. The Balaban J connectivity index is 2.21. The zero-order valence-electron chi connectivity index (χ0n) is 13.6. The predicted octanol–water partition coefficient (Wildman–Crippen LogP) is 2.48. The Bertz CT molecular complexity index is 613. The average molecular weight is 347 g/mol. The molecular weight excluding hydrogens is 327 g/mol. The van der Waals surface area contributed by atoms with Crippen molar-refractivity contribution in [3.8, 4) is 0 Å². The number of halogens is 3. The number of rotatable bonds is 4. The van der Waals surface area contributed by atoms with Crippen molar-refractivity contribution in [1.82, 2.24) is 14.7 Å². The number of likely N-dealkylation sites (tertiary alicyclic amines) is 1. The summed E-state index contributed by atoms with van der Waals surface area (Å²) in [6.07, 6.45) is -1.11. The zero-order valence-corrected chi connectivity index (χ0v) is 13.6. The van der Waals surface area contributed by atoms with E-state index >= 15 is 0 Å². The number of carbonyl (C=O) groups excluding carboxylic acids is 2. The molecule has 2 heterocycles. The summed E-state index contributed by atoms with van der Waals surface area (Å²) in [5.41, 5.74) is -2.01. The Labute approximate surface area is 137 Å². The first kappa shape index (κ1) is 18.3. The fourth-order valence-corrected chi connectivity index (χ4v) is 2.77.